The minimum Gasteiger partial charge on any atom is -0.310 e. The lowest BCUT2D eigenvalue weighted by Gasteiger charge is -2.14. The summed E-state index contributed by atoms with van der Waals surface area (Å²) in [6.07, 6.45) is 3.27. The number of rotatable bonds is 7. The van der Waals surface area contributed by atoms with E-state index >= 15 is 0 Å². The highest BCUT2D eigenvalue weighted by Crippen LogP contribution is 2.14. The van der Waals surface area contributed by atoms with E-state index in [2.05, 4.69) is 41.6 Å². The standard InChI is InChI=1S/C10H21N5/c1-4-7-11-8-10-12-13-14-15(10)9(5-2)6-3/h9,11H,4-8H2,1-3H3. The largest absolute Gasteiger partial charge is 0.310 e. The second-order valence-corrected chi connectivity index (χ2v) is 3.69. The van der Waals surface area contributed by atoms with Gasteiger partial charge in [0.1, 0.15) is 0 Å². The molecule has 0 amide bonds. The van der Waals surface area contributed by atoms with Crippen molar-refractivity contribution in [3.05, 3.63) is 5.82 Å². The number of nitrogens with one attached hydrogen (secondary N) is 1. The first-order valence-corrected chi connectivity index (χ1v) is 5.80. The Balaban J connectivity index is 2.59. The summed E-state index contributed by atoms with van der Waals surface area (Å²) in [6.45, 7) is 8.25. The van der Waals surface area contributed by atoms with Gasteiger partial charge in [0, 0.05) is 0 Å². The topological polar surface area (TPSA) is 55.6 Å². The molecule has 0 saturated heterocycles. The van der Waals surface area contributed by atoms with Crippen LogP contribution in [0, 0.1) is 0 Å². The van der Waals surface area contributed by atoms with Gasteiger partial charge in [0.25, 0.3) is 0 Å². The van der Waals surface area contributed by atoms with Crippen LogP contribution in [-0.4, -0.2) is 26.8 Å². The summed E-state index contributed by atoms with van der Waals surface area (Å²) in [6, 6.07) is 0.429. The zero-order chi connectivity index (χ0) is 11.1. The van der Waals surface area contributed by atoms with E-state index in [4.69, 9.17) is 0 Å². The van der Waals surface area contributed by atoms with Gasteiger partial charge in [-0.3, -0.25) is 0 Å². The molecule has 0 saturated carbocycles. The van der Waals surface area contributed by atoms with E-state index in [1.54, 1.807) is 0 Å². The van der Waals surface area contributed by atoms with Crippen molar-refractivity contribution in [2.45, 2.75) is 52.6 Å². The summed E-state index contributed by atoms with van der Waals surface area (Å²) in [7, 11) is 0. The van der Waals surface area contributed by atoms with Crippen LogP contribution < -0.4 is 5.32 Å². The number of hydrogen-bond acceptors (Lipinski definition) is 4. The molecule has 0 aliphatic carbocycles. The molecule has 0 unspecified atom stereocenters. The van der Waals surface area contributed by atoms with E-state index in [-0.39, 0.29) is 0 Å². The maximum atomic E-state index is 4.05. The fourth-order valence-corrected chi connectivity index (χ4v) is 1.62. The van der Waals surface area contributed by atoms with Crippen molar-refractivity contribution in [3.8, 4) is 0 Å². The molecule has 15 heavy (non-hydrogen) atoms. The van der Waals surface area contributed by atoms with Gasteiger partial charge in [-0.1, -0.05) is 20.8 Å². The second kappa shape index (κ2) is 6.50. The lowest BCUT2D eigenvalue weighted by Crippen LogP contribution is -2.20. The first kappa shape index (κ1) is 12.1. The monoisotopic (exact) mass is 211 g/mol. The van der Waals surface area contributed by atoms with Crippen molar-refractivity contribution in [2.24, 2.45) is 0 Å². The first-order chi connectivity index (χ1) is 7.33. The normalized spacial score (nSPS) is 11.2. The summed E-state index contributed by atoms with van der Waals surface area (Å²) in [5.41, 5.74) is 0. The molecule has 5 heteroatoms. The van der Waals surface area contributed by atoms with Crippen LogP contribution in [0.1, 0.15) is 51.9 Å². The molecular formula is C10H21N5. The molecule has 1 aromatic heterocycles. The van der Waals surface area contributed by atoms with Gasteiger partial charge >= 0.3 is 0 Å². The molecule has 86 valence electrons. The average molecular weight is 211 g/mol. The van der Waals surface area contributed by atoms with Crippen molar-refractivity contribution < 1.29 is 0 Å². The summed E-state index contributed by atoms with van der Waals surface area (Å²) in [5, 5.41) is 15.2. The molecule has 0 aliphatic rings. The molecule has 1 rings (SSSR count). The lowest BCUT2D eigenvalue weighted by molar-refractivity contribution is 0.399. The number of tetrazole rings is 1. The van der Waals surface area contributed by atoms with Crippen molar-refractivity contribution >= 4 is 0 Å². The number of nitrogens with zero attached hydrogens (tertiary/aromatic N) is 4. The molecule has 0 fully saturated rings. The number of aromatic nitrogens is 4. The molecule has 0 spiro atoms. The van der Waals surface area contributed by atoms with Crippen LogP contribution in [0.5, 0.6) is 0 Å². The smallest absolute Gasteiger partial charge is 0.165 e. The minimum absolute atomic E-state index is 0.429. The molecule has 0 aliphatic heterocycles. The Morgan fingerprint density at radius 3 is 2.60 bits per heavy atom. The van der Waals surface area contributed by atoms with Crippen molar-refractivity contribution in [1.82, 2.24) is 25.5 Å². The fourth-order valence-electron chi connectivity index (χ4n) is 1.62. The van der Waals surface area contributed by atoms with E-state index in [0.717, 1.165) is 38.2 Å². The molecule has 1 N–H and O–H groups in total. The van der Waals surface area contributed by atoms with Gasteiger partial charge in [0.05, 0.1) is 12.6 Å². The number of hydrogen-bond donors (Lipinski definition) is 1. The summed E-state index contributed by atoms with van der Waals surface area (Å²) < 4.78 is 1.95. The van der Waals surface area contributed by atoms with Gasteiger partial charge < -0.3 is 5.32 Å². The summed E-state index contributed by atoms with van der Waals surface area (Å²) >= 11 is 0. The van der Waals surface area contributed by atoms with Gasteiger partial charge in [0.2, 0.25) is 0 Å². The Bertz CT molecular complexity index is 267. The Kier molecular flexibility index (Phi) is 5.25. The average Bonchev–Trinajstić information content (AvgIpc) is 2.69. The van der Waals surface area contributed by atoms with E-state index in [0.29, 0.717) is 6.04 Å². The Hall–Kier alpha value is -0.970. The summed E-state index contributed by atoms with van der Waals surface area (Å²) in [5.74, 6) is 0.942. The lowest BCUT2D eigenvalue weighted by atomic mass is 10.2. The van der Waals surface area contributed by atoms with Crippen LogP contribution in [0.25, 0.3) is 0 Å². The molecule has 0 aromatic carbocycles. The maximum absolute atomic E-state index is 4.05. The molecule has 1 aromatic rings. The quantitative estimate of drug-likeness (QED) is 0.695. The SMILES string of the molecule is CCCNCc1nnnn1C(CC)CC. The molecule has 1 heterocycles. The predicted octanol–water partition coefficient (Wildman–Crippen LogP) is 1.53. The maximum Gasteiger partial charge on any atom is 0.165 e. The van der Waals surface area contributed by atoms with Crippen LogP contribution in [0.4, 0.5) is 0 Å². The van der Waals surface area contributed by atoms with E-state index in [1.165, 1.54) is 0 Å². The molecule has 0 radical (unpaired) electrons. The highest BCUT2D eigenvalue weighted by Gasteiger charge is 2.12. The Labute approximate surface area is 91.2 Å². The fraction of sp³-hybridized carbons (Fsp3) is 0.900. The van der Waals surface area contributed by atoms with Crippen LogP contribution in [0.2, 0.25) is 0 Å². The van der Waals surface area contributed by atoms with Crippen LogP contribution >= 0.6 is 0 Å². The zero-order valence-electron chi connectivity index (χ0n) is 9.90. The highest BCUT2D eigenvalue weighted by atomic mass is 15.6. The van der Waals surface area contributed by atoms with Gasteiger partial charge in [-0.15, -0.1) is 5.10 Å². The van der Waals surface area contributed by atoms with Gasteiger partial charge in [0.15, 0.2) is 5.82 Å². The van der Waals surface area contributed by atoms with E-state index < -0.39 is 0 Å². The predicted molar refractivity (Wildman–Crippen MR) is 59.4 cm³/mol. The highest BCUT2D eigenvalue weighted by molar-refractivity contribution is 4.83. The molecular weight excluding hydrogens is 190 g/mol. The zero-order valence-corrected chi connectivity index (χ0v) is 9.90. The van der Waals surface area contributed by atoms with Crippen molar-refractivity contribution in [3.63, 3.8) is 0 Å². The van der Waals surface area contributed by atoms with E-state index in [9.17, 15) is 0 Å². The molecule has 0 atom stereocenters. The minimum atomic E-state index is 0.429. The van der Waals surface area contributed by atoms with E-state index in [1.807, 2.05) is 4.68 Å². The third-order valence-corrected chi connectivity index (χ3v) is 2.56. The third-order valence-electron chi connectivity index (χ3n) is 2.56. The van der Waals surface area contributed by atoms with Crippen LogP contribution in [0.3, 0.4) is 0 Å². The second-order valence-electron chi connectivity index (χ2n) is 3.69. The van der Waals surface area contributed by atoms with Crippen molar-refractivity contribution in [1.29, 1.82) is 0 Å². The summed E-state index contributed by atoms with van der Waals surface area (Å²) in [4.78, 5) is 0. The van der Waals surface area contributed by atoms with Gasteiger partial charge in [-0.25, -0.2) is 4.68 Å². The van der Waals surface area contributed by atoms with Gasteiger partial charge in [-0.05, 0) is 36.2 Å². The van der Waals surface area contributed by atoms with Crippen molar-refractivity contribution in [2.75, 3.05) is 6.54 Å². The molecule has 5 nitrogen and oxygen atoms in total. The van der Waals surface area contributed by atoms with Crippen LogP contribution in [-0.2, 0) is 6.54 Å². The van der Waals surface area contributed by atoms with Gasteiger partial charge in [-0.2, -0.15) is 0 Å². The third kappa shape index (κ3) is 3.27. The molecule has 0 bridgehead atoms. The first-order valence-electron chi connectivity index (χ1n) is 5.80. The Morgan fingerprint density at radius 2 is 2.00 bits per heavy atom. The van der Waals surface area contributed by atoms with Crippen LogP contribution in [0.15, 0.2) is 0 Å². The Morgan fingerprint density at radius 1 is 1.27 bits per heavy atom.